The van der Waals surface area contributed by atoms with E-state index in [1.165, 1.54) is 6.33 Å². The third-order valence-electron chi connectivity index (χ3n) is 4.23. The Morgan fingerprint density at radius 2 is 1.64 bits per heavy atom. The highest BCUT2D eigenvalue weighted by Gasteiger charge is 2.11. The number of anilines is 1. The smallest absolute Gasteiger partial charge is 0.254 e. The molecular formula is C20H15N7S. The molecule has 136 valence electrons. The van der Waals surface area contributed by atoms with Gasteiger partial charge in [0.05, 0.1) is 12.2 Å². The van der Waals surface area contributed by atoms with Gasteiger partial charge in [-0.3, -0.25) is 0 Å². The van der Waals surface area contributed by atoms with Crippen LogP contribution in [0.15, 0.2) is 73.1 Å². The molecule has 0 spiro atoms. The van der Waals surface area contributed by atoms with Gasteiger partial charge in [-0.1, -0.05) is 72.0 Å². The van der Waals surface area contributed by atoms with E-state index in [9.17, 15) is 0 Å². The molecule has 0 aliphatic heterocycles. The summed E-state index contributed by atoms with van der Waals surface area (Å²) in [6.45, 7) is 0.539. The van der Waals surface area contributed by atoms with Crippen molar-refractivity contribution in [3.8, 4) is 21.8 Å². The molecule has 0 bridgehead atoms. The fourth-order valence-corrected chi connectivity index (χ4v) is 3.67. The molecule has 0 saturated heterocycles. The third-order valence-corrected chi connectivity index (χ3v) is 5.20. The fraction of sp³-hybridized carbons (Fsp3) is 0.0500. The van der Waals surface area contributed by atoms with E-state index in [4.69, 9.17) is 0 Å². The largest absolute Gasteiger partial charge is 0.363 e. The van der Waals surface area contributed by atoms with Crippen LogP contribution in [0.4, 0.5) is 5.82 Å². The summed E-state index contributed by atoms with van der Waals surface area (Å²) in [5.74, 6) is 1.35. The van der Waals surface area contributed by atoms with Crippen molar-refractivity contribution in [1.29, 1.82) is 0 Å². The molecule has 0 amide bonds. The molecule has 1 N–H and O–H groups in total. The van der Waals surface area contributed by atoms with Crippen molar-refractivity contribution in [2.24, 2.45) is 0 Å². The second kappa shape index (κ2) is 7.16. The number of benzene rings is 2. The van der Waals surface area contributed by atoms with E-state index >= 15 is 0 Å². The van der Waals surface area contributed by atoms with Gasteiger partial charge in [0.1, 0.15) is 22.2 Å². The summed E-state index contributed by atoms with van der Waals surface area (Å²) in [7, 11) is 0. The molecule has 0 atom stereocenters. The Morgan fingerprint density at radius 3 is 2.43 bits per heavy atom. The van der Waals surface area contributed by atoms with Gasteiger partial charge in [-0.2, -0.15) is 14.6 Å². The Bertz CT molecular complexity index is 1220. The van der Waals surface area contributed by atoms with E-state index < -0.39 is 0 Å². The van der Waals surface area contributed by atoms with Gasteiger partial charge >= 0.3 is 0 Å². The van der Waals surface area contributed by atoms with Gasteiger partial charge in [0.15, 0.2) is 0 Å². The van der Waals surface area contributed by atoms with Gasteiger partial charge < -0.3 is 5.32 Å². The monoisotopic (exact) mass is 385 g/mol. The van der Waals surface area contributed by atoms with E-state index in [0.717, 1.165) is 32.7 Å². The molecule has 5 rings (SSSR count). The first-order valence-corrected chi connectivity index (χ1v) is 9.56. The summed E-state index contributed by atoms with van der Waals surface area (Å²) < 4.78 is 1.69. The average molecular weight is 385 g/mol. The Labute approximate surface area is 164 Å². The van der Waals surface area contributed by atoms with Gasteiger partial charge in [0.2, 0.25) is 0 Å². The predicted octanol–water partition coefficient (Wildman–Crippen LogP) is 3.92. The van der Waals surface area contributed by atoms with Crippen LogP contribution in [0.25, 0.3) is 27.6 Å². The molecule has 0 unspecified atom stereocenters. The van der Waals surface area contributed by atoms with Crippen LogP contribution in [0.2, 0.25) is 0 Å². The quantitative estimate of drug-likeness (QED) is 0.494. The minimum absolute atomic E-state index is 0.539. The Balaban J connectivity index is 1.42. The molecule has 5 aromatic rings. The van der Waals surface area contributed by atoms with Crippen LogP contribution in [0, 0.1) is 0 Å². The summed E-state index contributed by atoms with van der Waals surface area (Å²) in [5.41, 5.74) is 2.93. The predicted molar refractivity (Wildman–Crippen MR) is 109 cm³/mol. The van der Waals surface area contributed by atoms with Gasteiger partial charge in [-0.05, 0) is 0 Å². The SMILES string of the molecule is c1ccc(-c2cc(NCc3nnc(-c4ccccc4)s3)n3ncnc3n2)cc1. The maximum atomic E-state index is 4.59. The van der Waals surface area contributed by atoms with Crippen LogP contribution in [0.1, 0.15) is 5.01 Å². The zero-order valence-corrected chi connectivity index (χ0v) is 15.5. The number of hydrogen-bond acceptors (Lipinski definition) is 7. The minimum Gasteiger partial charge on any atom is -0.363 e. The Morgan fingerprint density at radius 1 is 0.893 bits per heavy atom. The van der Waals surface area contributed by atoms with Crippen molar-refractivity contribution < 1.29 is 0 Å². The molecule has 0 fully saturated rings. The van der Waals surface area contributed by atoms with Gasteiger partial charge in [-0.15, -0.1) is 10.2 Å². The lowest BCUT2D eigenvalue weighted by Crippen LogP contribution is -2.06. The Kier molecular flexibility index (Phi) is 4.23. The maximum Gasteiger partial charge on any atom is 0.254 e. The highest BCUT2D eigenvalue weighted by Crippen LogP contribution is 2.25. The lowest BCUT2D eigenvalue weighted by Gasteiger charge is -2.08. The minimum atomic E-state index is 0.539. The zero-order valence-electron chi connectivity index (χ0n) is 14.7. The van der Waals surface area contributed by atoms with E-state index in [1.807, 2.05) is 66.7 Å². The zero-order chi connectivity index (χ0) is 18.8. The molecule has 28 heavy (non-hydrogen) atoms. The van der Waals surface area contributed by atoms with Crippen LogP contribution in [0.5, 0.6) is 0 Å². The standard InChI is InChI=1S/C20H15N7S/c1-3-7-14(8-4-1)16-11-17(27-20(24-16)22-13-23-27)21-12-18-25-26-19(28-18)15-9-5-2-6-10-15/h1-11,13,21H,12H2. The number of nitrogens with zero attached hydrogens (tertiary/aromatic N) is 6. The molecule has 0 radical (unpaired) electrons. The molecule has 3 heterocycles. The number of aromatic nitrogens is 6. The molecule has 2 aromatic carbocycles. The van der Waals surface area contributed by atoms with E-state index in [1.54, 1.807) is 15.9 Å². The highest BCUT2D eigenvalue weighted by atomic mass is 32.1. The second-order valence-electron chi connectivity index (χ2n) is 6.09. The summed E-state index contributed by atoms with van der Waals surface area (Å²) >= 11 is 1.57. The van der Waals surface area contributed by atoms with Crippen LogP contribution in [0.3, 0.4) is 0 Å². The summed E-state index contributed by atoms with van der Waals surface area (Å²) in [6, 6.07) is 22.0. The van der Waals surface area contributed by atoms with Gasteiger partial charge in [0, 0.05) is 17.2 Å². The van der Waals surface area contributed by atoms with Crippen molar-refractivity contribution in [3.05, 3.63) is 78.1 Å². The number of rotatable bonds is 5. The van der Waals surface area contributed by atoms with Crippen molar-refractivity contribution >= 4 is 22.9 Å². The molecule has 3 aromatic heterocycles. The third kappa shape index (κ3) is 3.21. The lowest BCUT2D eigenvalue weighted by atomic mass is 10.1. The first-order valence-electron chi connectivity index (χ1n) is 8.75. The van der Waals surface area contributed by atoms with Crippen molar-refractivity contribution in [2.75, 3.05) is 5.32 Å². The number of fused-ring (bicyclic) bond motifs is 1. The highest BCUT2D eigenvalue weighted by molar-refractivity contribution is 7.14. The molecule has 0 aliphatic carbocycles. The summed E-state index contributed by atoms with van der Waals surface area (Å²) in [4.78, 5) is 8.83. The molecular weight excluding hydrogens is 370 g/mol. The van der Waals surface area contributed by atoms with E-state index in [-0.39, 0.29) is 0 Å². The van der Waals surface area contributed by atoms with Crippen LogP contribution in [-0.4, -0.2) is 29.8 Å². The topological polar surface area (TPSA) is 80.9 Å². The van der Waals surface area contributed by atoms with Crippen molar-refractivity contribution in [2.45, 2.75) is 6.54 Å². The average Bonchev–Trinajstić information content (AvgIpc) is 3.43. The van der Waals surface area contributed by atoms with Crippen LogP contribution in [-0.2, 0) is 6.54 Å². The number of hydrogen-bond donors (Lipinski definition) is 1. The number of nitrogens with one attached hydrogen (secondary N) is 1. The molecule has 0 aliphatic rings. The van der Waals surface area contributed by atoms with Gasteiger partial charge in [0.25, 0.3) is 5.78 Å². The van der Waals surface area contributed by atoms with Gasteiger partial charge in [-0.25, -0.2) is 4.98 Å². The lowest BCUT2D eigenvalue weighted by molar-refractivity contribution is 0.915. The van der Waals surface area contributed by atoms with Crippen molar-refractivity contribution in [3.63, 3.8) is 0 Å². The molecule has 0 saturated carbocycles. The van der Waals surface area contributed by atoms with Crippen molar-refractivity contribution in [1.82, 2.24) is 29.8 Å². The normalized spacial score (nSPS) is 11.0. The van der Waals surface area contributed by atoms with Crippen LogP contribution >= 0.6 is 11.3 Å². The maximum absolute atomic E-state index is 4.59. The second-order valence-corrected chi connectivity index (χ2v) is 7.15. The first kappa shape index (κ1) is 16.5. The first-order chi connectivity index (χ1) is 13.9. The van der Waals surface area contributed by atoms with E-state index in [0.29, 0.717) is 12.3 Å². The molecule has 8 heteroatoms. The molecule has 7 nitrogen and oxygen atoms in total. The van der Waals surface area contributed by atoms with Crippen LogP contribution < -0.4 is 5.32 Å². The summed E-state index contributed by atoms with van der Waals surface area (Å²) in [6.07, 6.45) is 1.50. The Hall–Kier alpha value is -3.65. The summed E-state index contributed by atoms with van der Waals surface area (Å²) in [5, 5.41) is 18.1. The van der Waals surface area contributed by atoms with E-state index in [2.05, 4.69) is 30.6 Å². The fourth-order valence-electron chi connectivity index (χ4n) is 2.88.